The van der Waals surface area contributed by atoms with Crippen LogP contribution in [-0.2, 0) is 0 Å². The van der Waals surface area contributed by atoms with Crippen LogP contribution in [0.5, 0.6) is 0 Å². The van der Waals surface area contributed by atoms with Gasteiger partial charge in [0.2, 0.25) is 0 Å². The van der Waals surface area contributed by atoms with Crippen molar-refractivity contribution in [3.63, 3.8) is 0 Å². The zero-order valence-corrected chi connectivity index (χ0v) is 13.4. The van der Waals surface area contributed by atoms with Crippen LogP contribution in [0.25, 0.3) is 0 Å². The van der Waals surface area contributed by atoms with Crippen LogP contribution < -0.4 is 0 Å². The average molecular weight is 271 g/mol. The van der Waals surface area contributed by atoms with E-state index < -0.39 is 0 Å². The van der Waals surface area contributed by atoms with Crippen molar-refractivity contribution in [2.24, 2.45) is 0 Å². The molecule has 0 amide bonds. The summed E-state index contributed by atoms with van der Waals surface area (Å²) in [6.45, 7) is 13.8. The molecular weight excluding hydrogens is 236 g/mol. The van der Waals surface area contributed by atoms with Gasteiger partial charge in [-0.1, -0.05) is 0 Å². The predicted octanol–water partition coefficient (Wildman–Crippen LogP) is -0.795. The lowest BCUT2D eigenvalue weighted by Gasteiger charge is -1.80. The highest BCUT2D eigenvalue weighted by Crippen LogP contribution is 1.65. The van der Waals surface area contributed by atoms with E-state index in [1.807, 2.05) is 5.70 Å². The normalized spacial score (nSPS) is 7.75. The molecule has 0 aliphatic rings. The van der Waals surface area contributed by atoms with Crippen molar-refractivity contribution < 1.29 is 15.3 Å². The van der Waals surface area contributed by atoms with Gasteiger partial charge in [0, 0.05) is 28.6 Å². The topological polar surface area (TPSA) is 60.7 Å². The maximum absolute atomic E-state index is 8.06. The molecule has 0 saturated carbocycles. The molecule has 16 heavy (non-hydrogen) atoms. The first-order chi connectivity index (χ1) is 6.61. The number of rotatable bonds is 0. The van der Waals surface area contributed by atoms with Crippen LogP contribution in [0, 0.1) is 0 Å². The minimum Gasteiger partial charge on any atom is -0.394 e. The van der Waals surface area contributed by atoms with E-state index in [4.69, 9.17) is 15.3 Å². The van der Waals surface area contributed by atoms with Gasteiger partial charge in [-0.3, -0.25) is 0 Å². The lowest BCUT2D eigenvalue weighted by Crippen LogP contribution is -1.85. The SMILES string of the molecule is C=C[SiH3].CC(C)O.CC(C)O.CC(C)O.[SiH4]. The Bertz CT molecular complexity index is 74.7. The molecule has 0 fully saturated rings. The summed E-state index contributed by atoms with van der Waals surface area (Å²) in [5.74, 6) is 0. The molecule has 0 spiro atoms. The molecule has 0 saturated heterocycles. The van der Waals surface area contributed by atoms with Gasteiger partial charge in [0.1, 0.15) is 0 Å². The number of aliphatic hydroxyl groups is 3. The summed E-state index contributed by atoms with van der Waals surface area (Å²) >= 11 is 0. The Morgan fingerprint density at radius 1 is 0.812 bits per heavy atom. The van der Waals surface area contributed by atoms with Crippen LogP contribution in [0.1, 0.15) is 41.5 Å². The highest BCUT2D eigenvalue weighted by molar-refractivity contribution is 6.16. The number of hydrogen-bond donors (Lipinski definition) is 3. The lowest BCUT2D eigenvalue weighted by molar-refractivity contribution is 0.215. The van der Waals surface area contributed by atoms with Gasteiger partial charge < -0.3 is 15.3 Å². The third kappa shape index (κ3) is 828000. The van der Waals surface area contributed by atoms with E-state index >= 15 is 0 Å². The van der Waals surface area contributed by atoms with Gasteiger partial charge in [-0.25, -0.2) is 0 Å². The maximum atomic E-state index is 8.06. The fraction of sp³-hybridized carbons (Fsp3) is 0.818. The van der Waals surface area contributed by atoms with Gasteiger partial charge in [0.15, 0.2) is 0 Å². The van der Waals surface area contributed by atoms with E-state index in [1.165, 1.54) is 0 Å². The quantitative estimate of drug-likeness (QED) is 0.505. The number of aliphatic hydroxyl groups excluding tert-OH is 3. The molecule has 0 heterocycles. The summed E-state index contributed by atoms with van der Waals surface area (Å²) in [4.78, 5) is 0. The Hall–Kier alpha value is 0.0538. The monoisotopic (exact) mass is 270 g/mol. The van der Waals surface area contributed by atoms with Crippen LogP contribution in [0.3, 0.4) is 0 Å². The second-order valence-corrected chi connectivity index (χ2v) is 4.51. The molecule has 0 radical (unpaired) electrons. The van der Waals surface area contributed by atoms with Gasteiger partial charge in [0.25, 0.3) is 0 Å². The van der Waals surface area contributed by atoms with Gasteiger partial charge in [-0.05, 0) is 52.5 Å². The third-order valence-corrected chi connectivity index (χ3v) is 0. The molecule has 0 aromatic rings. The van der Waals surface area contributed by atoms with Crippen molar-refractivity contribution in [3.8, 4) is 0 Å². The van der Waals surface area contributed by atoms with Crippen molar-refractivity contribution in [2.45, 2.75) is 59.9 Å². The van der Waals surface area contributed by atoms with E-state index in [9.17, 15) is 0 Å². The van der Waals surface area contributed by atoms with E-state index in [0.717, 1.165) is 10.2 Å². The summed E-state index contributed by atoms with van der Waals surface area (Å²) in [6.07, 6.45) is -0.500. The zero-order valence-electron chi connectivity index (χ0n) is 11.4. The summed E-state index contributed by atoms with van der Waals surface area (Å²) < 4.78 is 0. The van der Waals surface area contributed by atoms with Crippen LogP contribution >= 0.6 is 0 Å². The summed E-state index contributed by atoms with van der Waals surface area (Å²) in [5, 5.41) is 24.2. The predicted molar refractivity (Wildman–Crippen MR) is 83.5 cm³/mol. The fourth-order valence-electron chi connectivity index (χ4n) is 0. The molecule has 0 unspecified atom stereocenters. The van der Waals surface area contributed by atoms with Crippen molar-refractivity contribution in [1.82, 2.24) is 0 Å². The van der Waals surface area contributed by atoms with Gasteiger partial charge >= 0.3 is 0 Å². The molecule has 3 N–H and O–H groups in total. The van der Waals surface area contributed by atoms with Crippen molar-refractivity contribution >= 4 is 21.2 Å². The Morgan fingerprint density at radius 3 is 0.812 bits per heavy atom. The van der Waals surface area contributed by atoms with E-state index in [0.29, 0.717) is 0 Å². The molecule has 3 nitrogen and oxygen atoms in total. The highest BCUT2D eigenvalue weighted by Gasteiger charge is 1.70. The molecule has 0 bridgehead atoms. The van der Waals surface area contributed by atoms with E-state index in [-0.39, 0.29) is 29.3 Å². The standard InChI is InChI=1S/3C3H8O.C2H6Si.H4Si/c3*1-3(2)4;1-2-3;/h3*3-4H,1-2H3;2H,1H2,3H3;1H4. The molecule has 0 rings (SSSR count). The maximum Gasteiger partial charge on any atom is 0.0483 e. The van der Waals surface area contributed by atoms with Gasteiger partial charge in [-0.2, -0.15) is 0 Å². The van der Waals surface area contributed by atoms with Gasteiger partial charge in [-0.15, -0.1) is 12.3 Å². The molecular formula is C11H34O3Si2. The van der Waals surface area contributed by atoms with Crippen molar-refractivity contribution in [2.75, 3.05) is 0 Å². The second-order valence-electron chi connectivity index (χ2n) is 3.69. The summed E-state index contributed by atoms with van der Waals surface area (Å²) in [6, 6.07) is 0. The van der Waals surface area contributed by atoms with Crippen molar-refractivity contribution in [3.05, 3.63) is 12.3 Å². The first-order valence-corrected chi connectivity index (χ1v) is 6.38. The minimum atomic E-state index is -0.167. The van der Waals surface area contributed by atoms with Crippen LogP contribution in [-0.4, -0.2) is 54.8 Å². The van der Waals surface area contributed by atoms with Crippen LogP contribution in [0.4, 0.5) is 0 Å². The Balaban J connectivity index is -0.0000000331. The molecule has 104 valence electrons. The minimum absolute atomic E-state index is 0. The molecule has 0 aromatic heterocycles. The summed E-state index contributed by atoms with van der Waals surface area (Å²) in [5.41, 5.74) is 1.89. The molecule has 0 aliphatic carbocycles. The first-order valence-electron chi connectivity index (χ1n) is 5.22. The van der Waals surface area contributed by atoms with Crippen LogP contribution in [0.15, 0.2) is 12.3 Å². The first kappa shape index (κ1) is 29.8. The fourth-order valence-corrected chi connectivity index (χ4v) is 0. The average Bonchev–Trinajstić information content (AvgIpc) is 1.81. The zero-order chi connectivity index (χ0) is 13.4. The summed E-state index contributed by atoms with van der Waals surface area (Å²) in [7, 11) is 1.13. The van der Waals surface area contributed by atoms with Crippen LogP contribution in [0.2, 0.25) is 0 Å². The lowest BCUT2D eigenvalue weighted by atomic mass is 10.5. The molecule has 0 aromatic carbocycles. The Labute approximate surface area is 109 Å². The largest absolute Gasteiger partial charge is 0.394 e. The van der Waals surface area contributed by atoms with E-state index in [1.54, 1.807) is 41.5 Å². The molecule has 5 heteroatoms. The second kappa shape index (κ2) is 29.4. The highest BCUT2D eigenvalue weighted by atomic mass is 28.1. The van der Waals surface area contributed by atoms with Crippen molar-refractivity contribution in [1.29, 1.82) is 0 Å². The smallest absolute Gasteiger partial charge is 0.0483 e. The number of hydrogen-bond acceptors (Lipinski definition) is 3. The van der Waals surface area contributed by atoms with Gasteiger partial charge in [0.05, 0.1) is 0 Å². The third-order valence-electron chi connectivity index (χ3n) is 0. The van der Waals surface area contributed by atoms with E-state index in [2.05, 4.69) is 6.58 Å². The molecule has 0 atom stereocenters. The molecule has 0 aliphatic heterocycles. The Morgan fingerprint density at radius 2 is 0.812 bits per heavy atom. The Kier molecular flexibility index (Phi) is 54.7.